The van der Waals surface area contributed by atoms with Crippen molar-refractivity contribution in [1.29, 1.82) is 0 Å². The molecule has 1 aromatic rings. The highest BCUT2D eigenvalue weighted by Crippen LogP contribution is 2.33. The van der Waals surface area contributed by atoms with Gasteiger partial charge in [0.05, 0.1) is 19.1 Å². The van der Waals surface area contributed by atoms with E-state index in [1.807, 2.05) is 12.1 Å². The van der Waals surface area contributed by atoms with Gasteiger partial charge in [-0.3, -0.25) is 9.69 Å². The number of benzene rings is 1. The van der Waals surface area contributed by atoms with Gasteiger partial charge in [-0.2, -0.15) is 0 Å². The predicted molar refractivity (Wildman–Crippen MR) is 90.8 cm³/mol. The fourth-order valence-corrected chi connectivity index (χ4v) is 3.94. The van der Waals surface area contributed by atoms with E-state index in [9.17, 15) is 4.79 Å². The summed E-state index contributed by atoms with van der Waals surface area (Å²) < 4.78 is 11.2. The van der Waals surface area contributed by atoms with Crippen LogP contribution in [0.15, 0.2) is 24.3 Å². The minimum absolute atomic E-state index is 0.0446. The molecule has 0 unspecified atom stereocenters. The molecule has 3 fully saturated rings. The van der Waals surface area contributed by atoms with Crippen LogP contribution in [0.4, 0.5) is 0 Å². The second-order valence-corrected chi connectivity index (χ2v) is 7.26. The van der Waals surface area contributed by atoms with Gasteiger partial charge in [0.15, 0.2) is 0 Å². The van der Waals surface area contributed by atoms with Gasteiger partial charge in [0.1, 0.15) is 5.75 Å². The average molecular weight is 330 g/mol. The lowest BCUT2D eigenvalue weighted by molar-refractivity contribution is -0.129. The largest absolute Gasteiger partial charge is 0.497 e. The van der Waals surface area contributed by atoms with Crippen LogP contribution in [0.5, 0.6) is 5.75 Å². The van der Waals surface area contributed by atoms with E-state index < -0.39 is 0 Å². The number of carbonyl (C=O) groups excluding carboxylic acids is 1. The van der Waals surface area contributed by atoms with E-state index >= 15 is 0 Å². The van der Waals surface area contributed by atoms with E-state index in [0.29, 0.717) is 12.1 Å². The molecule has 0 bridgehead atoms. The Hall–Kier alpha value is -1.59. The van der Waals surface area contributed by atoms with Crippen LogP contribution in [-0.4, -0.2) is 49.3 Å². The van der Waals surface area contributed by atoms with E-state index in [1.165, 1.54) is 5.56 Å². The van der Waals surface area contributed by atoms with Gasteiger partial charge in [0.2, 0.25) is 5.91 Å². The van der Waals surface area contributed by atoms with Crippen LogP contribution in [0.3, 0.4) is 0 Å². The maximum absolute atomic E-state index is 12.5. The highest BCUT2D eigenvalue weighted by molar-refractivity contribution is 5.79. The monoisotopic (exact) mass is 330 g/mol. The molecule has 3 aliphatic rings. The van der Waals surface area contributed by atoms with Crippen molar-refractivity contribution in [2.75, 3.05) is 20.3 Å². The molecule has 24 heavy (non-hydrogen) atoms. The highest BCUT2D eigenvalue weighted by atomic mass is 16.5. The second-order valence-electron chi connectivity index (χ2n) is 7.26. The van der Waals surface area contributed by atoms with Gasteiger partial charge in [-0.05, 0) is 43.4 Å². The number of fused-ring (bicyclic) bond motifs is 1. The molecule has 3 atom stereocenters. The molecule has 1 amide bonds. The Balaban J connectivity index is 1.45. The zero-order chi connectivity index (χ0) is 16.5. The number of hydrogen-bond donors (Lipinski definition) is 1. The highest BCUT2D eigenvalue weighted by Gasteiger charge is 2.42. The molecule has 0 aromatic heterocycles. The lowest BCUT2D eigenvalue weighted by atomic mass is 9.89. The van der Waals surface area contributed by atoms with E-state index in [0.717, 1.165) is 51.1 Å². The number of amides is 1. The quantitative estimate of drug-likeness (QED) is 0.897. The maximum Gasteiger partial charge on any atom is 0.224 e. The minimum Gasteiger partial charge on any atom is -0.497 e. The van der Waals surface area contributed by atoms with Crippen LogP contribution in [0.25, 0.3) is 0 Å². The smallest absolute Gasteiger partial charge is 0.224 e. The molecule has 1 saturated carbocycles. The number of likely N-dealkylation sites (tertiary alicyclic amines) is 1. The van der Waals surface area contributed by atoms with Crippen LogP contribution in [0.1, 0.15) is 31.2 Å². The Bertz CT molecular complexity index is 585. The van der Waals surface area contributed by atoms with E-state index in [4.69, 9.17) is 9.47 Å². The third kappa shape index (κ3) is 3.42. The summed E-state index contributed by atoms with van der Waals surface area (Å²) in [6.07, 6.45) is 4.40. The molecule has 1 aliphatic carbocycles. The van der Waals surface area contributed by atoms with Crippen molar-refractivity contribution in [2.45, 2.75) is 50.4 Å². The van der Waals surface area contributed by atoms with Gasteiger partial charge in [-0.1, -0.05) is 12.1 Å². The lowest BCUT2D eigenvalue weighted by Crippen LogP contribution is -2.52. The van der Waals surface area contributed by atoms with E-state index in [1.54, 1.807) is 7.11 Å². The van der Waals surface area contributed by atoms with Crippen LogP contribution in [-0.2, 0) is 16.1 Å². The Morgan fingerprint density at radius 2 is 2.08 bits per heavy atom. The summed E-state index contributed by atoms with van der Waals surface area (Å²) in [6, 6.07) is 9.08. The average Bonchev–Trinajstić information content (AvgIpc) is 3.28. The number of methoxy groups -OCH3 is 1. The number of hydrogen-bond acceptors (Lipinski definition) is 4. The number of nitrogens with zero attached hydrogens (tertiary/aromatic N) is 1. The number of rotatable bonds is 5. The Morgan fingerprint density at radius 1 is 1.29 bits per heavy atom. The molecule has 1 N–H and O–H groups in total. The van der Waals surface area contributed by atoms with Crippen molar-refractivity contribution < 1.29 is 14.3 Å². The van der Waals surface area contributed by atoms with Gasteiger partial charge in [0, 0.05) is 31.8 Å². The third-order valence-electron chi connectivity index (χ3n) is 5.45. The van der Waals surface area contributed by atoms with Crippen molar-refractivity contribution in [3.05, 3.63) is 29.8 Å². The molecule has 2 aliphatic heterocycles. The van der Waals surface area contributed by atoms with Crippen LogP contribution < -0.4 is 10.1 Å². The van der Waals surface area contributed by atoms with Crippen LogP contribution in [0.2, 0.25) is 0 Å². The number of carbonyl (C=O) groups is 1. The lowest BCUT2D eigenvalue weighted by Gasteiger charge is -2.40. The van der Waals surface area contributed by atoms with Crippen LogP contribution in [0, 0.1) is 5.92 Å². The summed E-state index contributed by atoms with van der Waals surface area (Å²) in [5.41, 5.74) is 1.25. The molecule has 130 valence electrons. The Kier molecular flexibility index (Phi) is 4.46. The minimum atomic E-state index is 0.0446. The zero-order valence-electron chi connectivity index (χ0n) is 14.2. The van der Waals surface area contributed by atoms with Gasteiger partial charge < -0.3 is 14.8 Å². The molecular weight excluding hydrogens is 304 g/mol. The fourth-order valence-electron chi connectivity index (χ4n) is 3.94. The van der Waals surface area contributed by atoms with Gasteiger partial charge in [0.25, 0.3) is 0 Å². The van der Waals surface area contributed by atoms with Gasteiger partial charge >= 0.3 is 0 Å². The first-order valence-corrected chi connectivity index (χ1v) is 9.02. The summed E-state index contributed by atoms with van der Waals surface area (Å²) in [7, 11) is 1.68. The van der Waals surface area contributed by atoms with Crippen molar-refractivity contribution in [3.63, 3.8) is 0 Å². The maximum atomic E-state index is 12.5. The fraction of sp³-hybridized carbons (Fsp3) is 0.632. The number of nitrogens with one attached hydrogen (secondary N) is 1. The first-order chi connectivity index (χ1) is 11.7. The molecule has 5 nitrogen and oxygen atoms in total. The van der Waals surface area contributed by atoms with Crippen molar-refractivity contribution in [3.8, 4) is 5.75 Å². The summed E-state index contributed by atoms with van der Waals surface area (Å²) in [5.74, 6) is 1.13. The summed E-state index contributed by atoms with van der Waals surface area (Å²) in [4.78, 5) is 15.0. The zero-order valence-corrected chi connectivity index (χ0v) is 14.2. The van der Waals surface area contributed by atoms with Crippen molar-refractivity contribution in [1.82, 2.24) is 10.2 Å². The number of ether oxygens (including phenoxy) is 2. The Morgan fingerprint density at radius 3 is 2.79 bits per heavy atom. The molecule has 1 aromatic carbocycles. The van der Waals surface area contributed by atoms with Gasteiger partial charge in [-0.25, -0.2) is 0 Å². The molecule has 0 radical (unpaired) electrons. The van der Waals surface area contributed by atoms with E-state index in [-0.39, 0.29) is 17.9 Å². The van der Waals surface area contributed by atoms with E-state index in [2.05, 4.69) is 22.3 Å². The first kappa shape index (κ1) is 15.9. The molecule has 0 spiro atoms. The number of piperidine rings is 1. The van der Waals surface area contributed by atoms with Gasteiger partial charge in [-0.15, -0.1) is 0 Å². The molecular formula is C19H26N2O3. The predicted octanol–water partition coefficient (Wildman–Crippen LogP) is 1.95. The summed E-state index contributed by atoms with van der Waals surface area (Å²) in [5, 5.41) is 3.17. The first-order valence-electron chi connectivity index (χ1n) is 9.02. The topological polar surface area (TPSA) is 50.8 Å². The molecule has 2 saturated heterocycles. The molecule has 5 heteroatoms. The van der Waals surface area contributed by atoms with Crippen molar-refractivity contribution in [2.24, 2.45) is 5.92 Å². The third-order valence-corrected chi connectivity index (χ3v) is 5.45. The molecule has 4 rings (SSSR count). The normalized spacial score (nSPS) is 30.0. The molecule has 2 heterocycles. The van der Waals surface area contributed by atoms with Crippen molar-refractivity contribution >= 4 is 5.91 Å². The second kappa shape index (κ2) is 6.73. The Labute approximate surface area is 143 Å². The van der Waals surface area contributed by atoms with Crippen LogP contribution >= 0.6 is 0 Å². The SMILES string of the molecule is COc1ccc(CN2C[C@@H](C(=O)NC3CC3)C[C@H]3OCC[C@H]32)cc1. The summed E-state index contributed by atoms with van der Waals surface area (Å²) in [6.45, 7) is 2.50. The summed E-state index contributed by atoms with van der Waals surface area (Å²) >= 11 is 0. The standard InChI is InChI=1S/C19H26N2O3/c1-23-16-6-2-13(3-7-16)11-21-12-14(19(22)20-15-4-5-15)10-18-17(21)8-9-24-18/h2-3,6-7,14-15,17-18H,4-5,8-12H2,1H3,(H,20,22)/t14-,17+,18+/m0/s1.